The standard InChI is InChI=1S/C26H33N3O6/c1-4-35-24(30)18-34-19-26(2,25(31)28-14-8-9-15-28)21-12-13-22(23(16-21)29(32)33)27(3)17-20-10-6-5-7-11-20/h5-7,10-13,16H,4,8-9,14-15,17-19H2,1-3H3. The molecular formula is C26H33N3O6. The molecule has 0 saturated carbocycles. The monoisotopic (exact) mass is 483 g/mol. The van der Waals surface area contributed by atoms with E-state index < -0.39 is 16.3 Å². The molecule has 1 heterocycles. The fourth-order valence-electron chi connectivity index (χ4n) is 4.36. The van der Waals surface area contributed by atoms with Crippen molar-refractivity contribution >= 4 is 23.3 Å². The average Bonchev–Trinajstić information content (AvgIpc) is 3.38. The molecule has 35 heavy (non-hydrogen) atoms. The molecule has 1 unspecified atom stereocenters. The van der Waals surface area contributed by atoms with Crippen LogP contribution in [0, 0.1) is 10.1 Å². The van der Waals surface area contributed by atoms with E-state index in [1.807, 2.05) is 35.2 Å². The summed E-state index contributed by atoms with van der Waals surface area (Å²) in [5.41, 5.74) is 0.660. The lowest BCUT2D eigenvalue weighted by Gasteiger charge is -2.33. The number of ether oxygens (including phenoxy) is 2. The highest BCUT2D eigenvalue weighted by atomic mass is 16.6. The number of likely N-dealkylation sites (tertiary alicyclic amines) is 1. The molecule has 0 aliphatic carbocycles. The zero-order chi connectivity index (χ0) is 25.4. The van der Waals surface area contributed by atoms with Gasteiger partial charge in [0.1, 0.15) is 12.3 Å². The number of hydrogen-bond acceptors (Lipinski definition) is 7. The molecule has 1 aliphatic heterocycles. The first-order valence-corrected chi connectivity index (χ1v) is 11.8. The maximum absolute atomic E-state index is 13.6. The van der Waals surface area contributed by atoms with E-state index in [1.54, 1.807) is 37.9 Å². The van der Waals surface area contributed by atoms with Crippen LogP contribution in [-0.2, 0) is 31.0 Å². The highest BCUT2D eigenvalue weighted by molar-refractivity contribution is 5.89. The lowest BCUT2D eigenvalue weighted by Crippen LogP contribution is -2.47. The normalized spacial score (nSPS) is 14.9. The largest absolute Gasteiger partial charge is 0.464 e. The van der Waals surface area contributed by atoms with Gasteiger partial charge < -0.3 is 19.3 Å². The summed E-state index contributed by atoms with van der Waals surface area (Å²) in [5, 5.41) is 12.1. The second-order valence-electron chi connectivity index (χ2n) is 8.93. The van der Waals surface area contributed by atoms with Crippen LogP contribution in [-0.4, -0.2) is 61.7 Å². The van der Waals surface area contributed by atoms with Gasteiger partial charge in [0.15, 0.2) is 0 Å². The van der Waals surface area contributed by atoms with Crippen molar-refractivity contribution in [2.45, 2.75) is 38.6 Å². The third kappa shape index (κ3) is 6.36. The molecule has 2 aromatic rings. The Bertz CT molecular complexity index is 1040. The van der Waals surface area contributed by atoms with E-state index in [2.05, 4.69) is 0 Å². The number of carbonyl (C=O) groups excluding carboxylic acids is 2. The summed E-state index contributed by atoms with van der Waals surface area (Å²) >= 11 is 0. The van der Waals surface area contributed by atoms with Gasteiger partial charge in [0.2, 0.25) is 5.91 Å². The van der Waals surface area contributed by atoms with Crippen LogP contribution in [0.15, 0.2) is 48.5 Å². The lowest BCUT2D eigenvalue weighted by atomic mass is 9.81. The van der Waals surface area contributed by atoms with E-state index in [9.17, 15) is 19.7 Å². The summed E-state index contributed by atoms with van der Waals surface area (Å²) in [7, 11) is 1.80. The summed E-state index contributed by atoms with van der Waals surface area (Å²) < 4.78 is 10.5. The zero-order valence-electron chi connectivity index (χ0n) is 20.6. The highest BCUT2D eigenvalue weighted by Gasteiger charge is 2.41. The Labute approximate surface area is 205 Å². The third-order valence-electron chi connectivity index (χ3n) is 6.26. The van der Waals surface area contributed by atoms with Crippen molar-refractivity contribution in [2.24, 2.45) is 0 Å². The van der Waals surface area contributed by atoms with Gasteiger partial charge in [0.05, 0.1) is 23.6 Å². The number of carbonyl (C=O) groups is 2. The molecule has 9 heteroatoms. The van der Waals surface area contributed by atoms with Crippen LogP contribution in [0.3, 0.4) is 0 Å². The van der Waals surface area contributed by atoms with Crippen LogP contribution >= 0.6 is 0 Å². The predicted octanol–water partition coefficient (Wildman–Crippen LogP) is 3.69. The molecule has 0 bridgehead atoms. The topological polar surface area (TPSA) is 102 Å². The van der Waals surface area contributed by atoms with Crippen LogP contribution in [0.5, 0.6) is 0 Å². The van der Waals surface area contributed by atoms with Crippen molar-refractivity contribution in [3.63, 3.8) is 0 Å². The van der Waals surface area contributed by atoms with Crippen LogP contribution in [0.1, 0.15) is 37.8 Å². The summed E-state index contributed by atoms with van der Waals surface area (Å²) in [4.78, 5) is 40.5. The van der Waals surface area contributed by atoms with Gasteiger partial charge in [-0.2, -0.15) is 0 Å². The molecule has 0 aromatic heterocycles. The summed E-state index contributed by atoms with van der Waals surface area (Å²) in [6.45, 7) is 5.01. The van der Waals surface area contributed by atoms with Crippen LogP contribution in [0.2, 0.25) is 0 Å². The first kappa shape index (κ1) is 26.2. The summed E-state index contributed by atoms with van der Waals surface area (Å²) in [6.07, 6.45) is 1.82. The third-order valence-corrected chi connectivity index (χ3v) is 6.26. The Balaban J connectivity index is 1.92. The maximum atomic E-state index is 13.6. The molecular weight excluding hydrogens is 450 g/mol. The molecule has 3 rings (SSSR count). The van der Waals surface area contributed by atoms with Gasteiger partial charge in [0, 0.05) is 32.7 Å². The van der Waals surface area contributed by atoms with E-state index in [1.165, 1.54) is 6.07 Å². The minimum absolute atomic E-state index is 0.0910. The predicted molar refractivity (Wildman–Crippen MR) is 132 cm³/mol. The Hall–Kier alpha value is -3.46. The number of nitro benzene ring substituents is 1. The quantitative estimate of drug-likeness (QED) is 0.273. The van der Waals surface area contributed by atoms with Crippen molar-refractivity contribution in [3.05, 3.63) is 69.8 Å². The van der Waals surface area contributed by atoms with Gasteiger partial charge in [-0.3, -0.25) is 14.9 Å². The second kappa shape index (κ2) is 11.8. The zero-order valence-corrected chi connectivity index (χ0v) is 20.6. The first-order chi connectivity index (χ1) is 16.8. The Morgan fingerprint density at radius 3 is 2.46 bits per heavy atom. The van der Waals surface area contributed by atoms with Crippen LogP contribution in [0.4, 0.5) is 11.4 Å². The van der Waals surface area contributed by atoms with Crippen molar-refractivity contribution < 1.29 is 24.0 Å². The maximum Gasteiger partial charge on any atom is 0.332 e. The van der Waals surface area contributed by atoms with E-state index in [0.29, 0.717) is 30.9 Å². The molecule has 1 saturated heterocycles. The van der Waals surface area contributed by atoms with E-state index in [-0.39, 0.29) is 31.4 Å². The molecule has 1 aliphatic rings. The molecule has 1 fully saturated rings. The molecule has 0 spiro atoms. The Morgan fingerprint density at radius 1 is 1.14 bits per heavy atom. The number of nitrogens with zero attached hydrogens (tertiary/aromatic N) is 3. The summed E-state index contributed by atoms with van der Waals surface area (Å²) in [5.74, 6) is -0.689. The second-order valence-corrected chi connectivity index (χ2v) is 8.93. The smallest absolute Gasteiger partial charge is 0.332 e. The van der Waals surface area contributed by atoms with Crippen molar-refractivity contribution in [2.75, 3.05) is 44.9 Å². The number of amides is 1. The number of nitro groups is 1. The molecule has 188 valence electrons. The number of anilines is 1. The SMILES string of the molecule is CCOC(=O)COCC(C)(C(=O)N1CCCC1)c1ccc(N(C)Cc2ccccc2)c([N+](=O)[O-])c1. The van der Waals surface area contributed by atoms with Gasteiger partial charge in [-0.1, -0.05) is 36.4 Å². The number of esters is 1. The fourth-order valence-corrected chi connectivity index (χ4v) is 4.36. The van der Waals surface area contributed by atoms with Crippen molar-refractivity contribution in [1.82, 2.24) is 4.90 Å². The van der Waals surface area contributed by atoms with Gasteiger partial charge in [-0.15, -0.1) is 0 Å². The Kier molecular flexibility index (Phi) is 8.81. The first-order valence-electron chi connectivity index (χ1n) is 11.8. The van der Waals surface area contributed by atoms with E-state index in [0.717, 1.165) is 18.4 Å². The van der Waals surface area contributed by atoms with Gasteiger partial charge in [-0.05, 0) is 43.9 Å². The number of benzene rings is 2. The fraction of sp³-hybridized carbons (Fsp3) is 0.462. The van der Waals surface area contributed by atoms with Gasteiger partial charge >= 0.3 is 5.97 Å². The summed E-state index contributed by atoms with van der Waals surface area (Å²) in [6, 6.07) is 14.6. The Morgan fingerprint density at radius 2 is 1.83 bits per heavy atom. The van der Waals surface area contributed by atoms with Crippen molar-refractivity contribution in [1.29, 1.82) is 0 Å². The minimum atomic E-state index is -1.20. The molecule has 2 aromatic carbocycles. The van der Waals surface area contributed by atoms with E-state index >= 15 is 0 Å². The van der Waals surface area contributed by atoms with Gasteiger partial charge in [0.25, 0.3) is 5.69 Å². The molecule has 1 atom stereocenters. The minimum Gasteiger partial charge on any atom is -0.464 e. The van der Waals surface area contributed by atoms with Crippen molar-refractivity contribution in [3.8, 4) is 0 Å². The lowest BCUT2D eigenvalue weighted by molar-refractivity contribution is -0.384. The van der Waals surface area contributed by atoms with Crippen LogP contribution in [0.25, 0.3) is 0 Å². The molecule has 9 nitrogen and oxygen atoms in total. The highest BCUT2D eigenvalue weighted by Crippen LogP contribution is 2.36. The van der Waals surface area contributed by atoms with E-state index in [4.69, 9.17) is 9.47 Å². The molecule has 1 amide bonds. The van der Waals surface area contributed by atoms with Crippen LogP contribution < -0.4 is 4.90 Å². The number of hydrogen-bond donors (Lipinski definition) is 0. The number of rotatable bonds is 11. The molecule has 0 radical (unpaired) electrons. The van der Waals surface area contributed by atoms with Gasteiger partial charge in [-0.25, -0.2) is 4.79 Å². The average molecular weight is 484 g/mol. The molecule has 0 N–H and O–H groups in total.